The summed E-state index contributed by atoms with van der Waals surface area (Å²) in [6.07, 6.45) is 1.05. The van der Waals surface area contributed by atoms with Crippen molar-refractivity contribution in [3.8, 4) is 11.5 Å². The molecule has 0 aliphatic heterocycles. The Bertz CT molecular complexity index is 437. The summed E-state index contributed by atoms with van der Waals surface area (Å²) in [4.78, 5) is 0. The van der Waals surface area contributed by atoms with Crippen LogP contribution in [-0.4, -0.2) is 20.8 Å². The maximum absolute atomic E-state index is 5.40. The van der Waals surface area contributed by atoms with Crippen molar-refractivity contribution >= 4 is 0 Å². The predicted octanol–water partition coefficient (Wildman–Crippen LogP) is 4.43. The molecule has 0 saturated heterocycles. The Hall–Kier alpha value is -1.22. The quantitative estimate of drug-likeness (QED) is 0.807. The van der Waals surface area contributed by atoms with Crippen LogP contribution in [0.2, 0.25) is 0 Å². The molecule has 0 radical (unpaired) electrons. The van der Waals surface area contributed by atoms with E-state index in [2.05, 4.69) is 52.1 Å². The van der Waals surface area contributed by atoms with E-state index in [1.165, 1.54) is 5.56 Å². The molecule has 0 spiro atoms. The number of hydrogen-bond donors (Lipinski definition) is 1. The van der Waals surface area contributed by atoms with E-state index in [0.29, 0.717) is 17.4 Å². The van der Waals surface area contributed by atoms with E-state index >= 15 is 0 Å². The normalized spacial score (nSPS) is 14.6. The van der Waals surface area contributed by atoms with Crippen LogP contribution < -0.4 is 14.8 Å². The van der Waals surface area contributed by atoms with Gasteiger partial charge in [-0.1, -0.05) is 40.7 Å². The maximum Gasteiger partial charge on any atom is 0.161 e. The molecule has 0 amide bonds. The van der Waals surface area contributed by atoms with E-state index in [4.69, 9.17) is 9.47 Å². The summed E-state index contributed by atoms with van der Waals surface area (Å²) in [6.45, 7) is 12.4. The van der Waals surface area contributed by atoms with Gasteiger partial charge in [0.25, 0.3) is 0 Å². The monoisotopic (exact) mass is 293 g/mol. The SMILES string of the molecule is CCC(NCC(C)C(C)(C)C)c1ccc(OC)c(OC)c1. The van der Waals surface area contributed by atoms with Crippen molar-refractivity contribution in [3.05, 3.63) is 23.8 Å². The topological polar surface area (TPSA) is 30.5 Å². The number of nitrogens with one attached hydrogen (secondary N) is 1. The van der Waals surface area contributed by atoms with Gasteiger partial charge < -0.3 is 14.8 Å². The predicted molar refractivity (Wildman–Crippen MR) is 89.2 cm³/mol. The van der Waals surface area contributed by atoms with E-state index in [-0.39, 0.29) is 0 Å². The first-order chi connectivity index (χ1) is 9.83. The van der Waals surface area contributed by atoms with Gasteiger partial charge in [-0.3, -0.25) is 0 Å². The molecule has 1 aromatic rings. The first kappa shape index (κ1) is 17.8. The van der Waals surface area contributed by atoms with Gasteiger partial charge in [-0.25, -0.2) is 0 Å². The average molecular weight is 293 g/mol. The van der Waals surface area contributed by atoms with Crippen LogP contribution in [0.1, 0.15) is 52.6 Å². The van der Waals surface area contributed by atoms with Crippen LogP contribution in [-0.2, 0) is 0 Å². The molecule has 0 heterocycles. The lowest BCUT2D eigenvalue weighted by Crippen LogP contribution is -2.32. The van der Waals surface area contributed by atoms with Crippen molar-refractivity contribution < 1.29 is 9.47 Å². The van der Waals surface area contributed by atoms with Gasteiger partial charge >= 0.3 is 0 Å². The van der Waals surface area contributed by atoms with E-state index in [9.17, 15) is 0 Å². The molecule has 120 valence electrons. The minimum atomic E-state index is 0.322. The van der Waals surface area contributed by atoms with Gasteiger partial charge in [-0.2, -0.15) is 0 Å². The standard InChI is InChI=1S/C18H31NO2/c1-8-15(19-12-13(2)18(3,4)5)14-9-10-16(20-6)17(11-14)21-7/h9-11,13,15,19H,8,12H2,1-7H3. The Morgan fingerprint density at radius 1 is 1.10 bits per heavy atom. The number of rotatable bonds is 7. The highest BCUT2D eigenvalue weighted by Crippen LogP contribution is 2.31. The van der Waals surface area contributed by atoms with Crippen molar-refractivity contribution in [2.24, 2.45) is 11.3 Å². The van der Waals surface area contributed by atoms with Crippen LogP contribution in [0.25, 0.3) is 0 Å². The third-order valence-electron chi connectivity index (χ3n) is 4.37. The molecule has 1 N–H and O–H groups in total. The molecule has 1 rings (SSSR count). The minimum absolute atomic E-state index is 0.322. The Morgan fingerprint density at radius 2 is 1.71 bits per heavy atom. The van der Waals surface area contributed by atoms with E-state index in [1.54, 1.807) is 14.2 Å². The lowest BCUT2D eigenvalue weighted by Gasteiger charge is -2.29. The van der Waals surface area contributed by atoms with Gasteiger partial charge in [0, 0.05) is 6.04 Å². The Balaban J connectivity index is 2.81. The zero-order valence-electron chi connectivity index (χ0n) is 14.6. The van der Waals surface area contributed by atoms with Gasteiger partial charge in [0.2, 0.25) is 0 Å². The summed E-state index contributed by atoms with van der Waals surface area (Å²) < 4.78 is 10.7. The highest BCUT2D eigenvalue weighted by Gasteiger charge is 2.21. The van der Waals surface area contributed by atoms with Crippen LogP contribution in [0.5, 0.6) is 11.5 Å². The smallest absolute Gasteiger partial charge is 0.161 e. The zero-order chi connectivity index (χ0) is 16.0. The van der Waals surface area contributed by atoms with Crippen LogP contribution >= 0.6 is 0 Å². The summed E-state index contributed by atoms with van der Waals surface area (Å²) in [5.41, 5.74) is 1.57. The number of methoxy groups -OCH3 is 2. The Morgan fingerprint density at radius 3 is 2.19 bits per heavy atom. The number of hydrogen-bond acceptors (Lipinski definition) is 3. The first-order valence-corrected chi connectivity index (χ1v) is 7.78. The minimum Gasteiger partial charge on any atom is -0.493 e. The summed E-state index contributed by atoms with van der Waals surface area (Å²) in [5, 5.41) is 3.68. The number of ether oxygens (including phenoxy) is 2. The summed E-state index contributed by atoms with van der Waals surface area (Å²) in [6, 6.07) is 6.51. The highest BCUT2D eigenvalue weighted by atomic mass is 16.5. The van der Waals surface area contributed by atoms with Crippen molar-refractivity contribution in [2.45, 2.75) is 47.1 Å². The third-order valence-corrected chi connectivity index (χ3v) is 4.37. The molecule has 0 bridgehead atoms. The van der Waals surface area contributed by atoms with Crippen LogP contribution in [0, 0.1) is 11.3 Å². The molecule has 3 heteroatoms. The molecule has 2 atom stereocenters. The van der Waals surface area contributed by atoms with Gasteiger partial charge in [0.15, 0.2) is 11.5 Å². The van der Waals surface area contributed by atoms with Crippen molar-refractivity contribution in [1.82, 2.24) is 5.32 Å². The fourth-order valence-corrected chi connectivity index (χ4v) is 2.19. The van der Waals surface area contributed by atoms with Gasteiger partial charge in [-0.15, -0.1) is 0 Å². The molecular weight excluding hydrogens is 262 g/mol. The average Bonchev–Trinajstić information content (AvgIpc) is 2.46. The van der Waals surface area contributed by atoms with E-state index < -0.39 is 0 Å². The molecule has 1 aromatic carbocycles. The van der Waals surface area contributed by atoms with Gasteiger partial charge in [0.1, 0.15) is 0 Å². The maximum atomic E-state index is 5.40. The molecule has 0 saturated carbocycles. The molecule has 3 nitrogen and oxygen atoms in total. The second-order valence-corrected chi connectivity index (χ2v) is 6.75. The Labute approximate surface area is 130 Å². The highest BCUT2D eigenvalue weighted by molar-refractivity contribution is 5.43. The Kier molecular flexibility index (Phi) is 6.53. The van der Waals surface area contributed by atoms with Crippen molar-refractivity contribution in [1.29, 1.82) is 0 Å². The lowest BCUT2D eigenvalue weighted by molar-refractivity contribution is 0.244. The summed E-state index contributed by atoms with van der Waals surface area (Å²) in [7, 11) is 3.34. The molecule has 21 heavy (non-hydrogen) atoms. The molecule has 2 unspecified atom stereocenters. The second-order valence-electron chi connectivity index (χ2n) is 6.75. The zero-order valence-corrected chi connectivity index (χ0v) is 14.6. The fraction of sp³-hybridized carbons (Fsp3) is 0.667. The fourth-order valence-electron chi connectivity index (χ4n) is 2.19. The van der Waals surface area contributed by atoms with Gasteiger partial charge in [0.05, 0.1) is 14.2 Å². The van der Waals surface area contributed by atoms with E-state index in [1.807, 2.05) is 6.07 Å². The van der Waals surface area contributed by atoms with Crippen molar-refractivity contribution in [2.75, 3.05) is 20.8 Å². The van der Waals surface area contributed by atoms with Crippen molar-refractivity contribution in [3.63, 3.8) is 0 Å². The van der Waals surface area contributed by atoms with Gasteiger partial charge in [-0.05, 0) is 42.0 Å². The second kappa shape index (κ2) is 7.69. The molecule has 0 aliphatic rings. The molecule has 0 aromatic heterocycles. The lowest BCUT2D eigenvalue weighted by atomic mass is 9.82. The number of benzene rings is 1. The largest absolute Gasteiger partial charge is 0.493 e. The first-order valence-electron chi connectivity index (χ1n) is 7.78. The molecule has 0 aliphatic carbocycles. The van der Waals surface area contributed by atoms with Crippen LogP contribution in [0.15, 0.2) is 18.2 Å². The van der Waals surface area contributed by atoms with Crippen LogP contribution in [0.4, 0.5) is 0 Å². The summed E-state index contributed by atoms with van der Waals surface area (Å²) >= 11 is 0. The van der Waals surface area contributed by atoms with Crippen LogP contribution in [0.3, 0.4) is 0 Å². The van der Waals surface area contributed by atoms with E-state index in [0.717, 1.165) is 24.5 Å². The molecule has 0 fully saturated rings. The summed E-state index contributed by atoms with van der Waals surface area (Å²) in [5.74, 6) is 2.19. The third kappa shape index (κ3) is 4.92. The molecular formula is C18H31NO2.